The third-order valence-electron chi connectivity index (χ3n) is 2.89. The number of aliphatic hydroxyl groups is 1. The molecule has 0 amide bonds. The number of sulfonamides is 1. The first-order chi connectivity index (χ1) is 9.49. The molecular formula is C11H11BrN2O4S2. The normalized spacial score (nSPS) is 15.5. The van der Waals surface area contributed by atoms with Crippen molar-refractivity contribution in [2.24, 2.45) is 0 Å². The minimum atomic E-state index is -3.78. The molecule has 1 aliphatic carbocycles. The van der Waals surface area contributed by atoms with Crippen LogP contribution >= 0.6 is 27.3 Å². The highest BCUT2D eigenvalue weighted by atomic mass is 79.9. The standard InChI is InChI=1S/C11H11BrN2O4S2/c12-10-9(3-7(4-15)18-10)20(16,17)14-11-13-8(5-19-11)6-1-2-6/h3,5-6,15H,1-2,4H2,(H,13,14). The van der Waals surface area contributed by atoms with Crippen LogP contribution < -0.4 is 4.72 Å². The van der Waals surface area contributed by atoms with Gasteiger partial charge in [-0.3, -0.25) is 4.72 Å². The molecule has 2 aromatic heterocycles. The summed E-state index contributed by atoms with van der Waals surface area (Å²) in [5.74, 6) is 0.654. The third kappa shape index (κ3) is 2.76. The second kappa shape index (κ2) is 5.14. The molecule has 0 unspecified atom stereocenters. The Hall–Kier alpha value is -0.900. The Morgan fingerprint density at radius 2 is 2.30 bits per heavy atom. The zero-order chi connectivity index (χ0) is 14.3. The second-order valence-electron chi connectivity index (χ2n) is 4.47. The van der Waals surface area contributed by atoms with E-state index in [1.807, 2.05) is 5.38 Å². The molecule has 1 aliphatic rings. The first-order valence-electron chi connectivity index (χ1n) is 5.87. The van der Waals surface area contributed by atoms with Crippen molar-refractivity contribution in [1.82, 2.24) is 4.98 Å². The number of rotatable bonds is 5. The van der Waals surface area contributed by atoms with Crippen LogP contribution in [0.5, 0.6) is 0 Å². The van der Waals surface area contributed by atoms with Crippen molar-refractivity contribution in [3.05, 3.63) is 27.6 Å². The van der Waals surface area contributed by atoms with Gasteiger partial charge in [0.2, 0.25) is 0 Å². The van der Waals surface area contributed by atoms with Crippen LogP contribution in [0.3, 0.4) is 0 Å². The molecule has 1 saturated carbocycles. The summed E-state index contributed by atoms with van der Waals surface area (Å²) in [5.41, 5.74) is 0.940. The minimum absolute atomic E-state index is 0.0512. The number of hydrogen-bond donors (Lipinski definition) is 2. The van der Waals surface area contributed by atoms with Gasteiger partial charge in [-0.05, 0) is 28.8 Å². The number of nitrogens with one attached hydrogen (secondary N) is 1. The summed E-state index contributed by atoms with van der Waals surface area (Å²) in [6.07, 6.45) is 2.23. The Kier molecular flexibility index (Phi) is 3.61. The Bertz CT molecular complexity index is 733. The van der Waals surface area contributed by atoms with E-state index in [4.69, 9.17) is 9.52 Å². The Balaban J connectivity index is 1.84. The third-order valence-corrected chi connectivity index (χ3v) is 5.99. The molecular weight excluding hydrogens is 368 g/mol. The summed E-state index contributed by atoms with van der Waals surface area (Å²) in [6.45, 7) is -0.364. The molecule has 108 valence electrons. The summed E-state index contributed by atoms with van der Waals surface area (Å²) in [5, 5.41) is 11.2. The van der Waals surface area contributed by atoms with Crippen LogP contribution in [0.15, 0.2) is 25.4 Å². The zero-order valence-corrected chi connectivity index (χ0v) is 13.4. The molecule has 3 rings (SSSR count). The Morgan fingerprint density at radius 1 is 1.55 bits per heavy atom. The number of aliphatic hydroxyl groups excluding tert-OH is 1. The molecule has 6 nitrogen and oxygen atoms in total. The first-order valence-corrected chi connectivity index (χ1v) is 9.02. The van der Waals surface area contributed by atoms with E-state index < -0.39 is 10.0 Å². The van der Waals surface area contributed by atoms with Gasteiger partial charge in [0, 0.05) is 17.4 Å². The average molecular weight is 379 g/mol. The van der Waals surface area contributed by atoms with Crippen molar-refractivity contribution in [2.45, 2.75) is 30.3 Å². The van der Waals surface area contributed by atoms with Crippen LogP contribution in [0.2, 0.25) is 0 Å². The number of thiazole rings is 1. The van der Waals surface area contributed by atoms with Crippen LogP contribution in [-0.4, -0.2) is 18.5 Å². The molecule has 0 radical (unpaired) electrons. The summed E-state index contributed by atoms with van der Waals surface area (Å²) < 4.78 is 32.0. The largest absolute Gasteiger partial charge is 0.450 e. The molecule has 0 spiro atoms. The van der Waals surface area contributed by atoms with Gasteiger partial charge in [0.25, 0.3) is 10.0 Å². The van der Waals surface area contributed by atoms with E-state index in [2.05, 4.69) is 25.6 Å². The van der Waals surface area contributed by atoms with Crippen molar-refractivity contribution in [1.29, 1.82) is 0 Å². The highest BCUT2D eigenvalue weighted by Crippen LogP contribution is 2.41. The molecule has 0 aromatic carbocycles. The highest BCUT2D eigenvalue weighted by Gasteiger charge is 2.28. The predicted octanol–water partition coefficient (Wildman–Crippen LogP) is 2.67. The molecule has 20 heavy (non-hydrogen) atoms. The van der Waals surface area contributed by atoms with E-state index in [9.17, 15) is 8.42 Å². The fourth-order valence-corrected chi connectivity index (χ4v) is 4.77. The molecule has 0 atom stereocenters. The molecule has 1 fully saturated rings. The quantitative estimate of drug-likeness (QED) is 0.833. The summed E-state index contributed by atoms with van der Waals surface area (Å²) in [6, 6.07) is 1.28. The van der Waals surface area contributed by atoms with Gasteiger partial charge in [0.05, 0.1) is 5.69 Å². The Labute approximate surface area is 128 Å². The van der Waals surface area contributed by atoms with Crippen LogP contribution in [0.25, 0.3) is 0 Å². The average Bonchev–Trinajstić information content (AvgIpc) is 3.02. The predicted molar refractivity (Wildman–Crippen MR) is 77.2 cm³/mol. The summed E-state index contributed by atoms with van der Waals surface area (Å²) in [4.78, 5) is 4.22. The van der Waals surface area contributed by atoms with Gasteiger partial charge in [-0.25, -0.2) is 13.4 Å². The van der Waals surface area contributed by atoms with Crippen LogP contribution in [-0.2, 0) is 16.6 Å². The lowest BCUT2D eigenvalue weighted by Crippen LogP contribution is -2.12. The van der Waals surface area contributed by atoms with Crippen molar-refractivity contribution in [3.63, 3.8) is 0 Å². The van der Waals surface area contributed by atoms with Gasteiger partial charge in [0.15, 0.2) is 9.80 Å². The number of hydrogen-bond acceptors (Lipinski definition) is 6. The smallest absolute Gasteiger partial charge is 0.268 e. The monoisotopic (exact) mass is 378 g/mol. The topological polar surface area (TPSA) is 92.4 Å². The number of aromatic nitrogens is 1. The lowest BCUT2D eigenvalue weighted by Gasteiger charge is -2.02. The molecule has 2 heterocycles. The lowest BCUT2D eigenvalue weighted by molar-refractivity contribution is 0.245. The van der Waals surface area contributed by atoms with Gasteiger partial charge in [-0.1, -0.05) is 0 Å². The fourth-order valence-electron chi connectivity index (χ4n) is 1.73. The van der Waals surface area contributed by atoms with E-state index in [0.717, 1.165) is 18.5 Å². The van der Waals surface area contributed by atoms with Crippen molar-refractivity contribution < 1.29 is 17.9 Å². The van der Waals surface area contributed by atoms with Crippen LogP contribution in [0.1, 0.15) is 30.2 Å². The summed E-state index contributed by atoms with van der Waals surface area (Å²) >= 11 is 4.29. The van der Waals surface area contributed by atoms with E-state index in [0.29, 0.717) is 11.0 Å². The van der Waals surface area contributed by atoms with Crippen molar-refractivity contribution in [2.75, 3.05) is 4.72 Å². The molecule has 9 heteroatoms. The van der Waals surface area contributed by atoms with Gasteiger partial charge in [-0.2, -0.15) is 0 Å². The zero-order valence-electron chi connectivity index (χ0n) is 10.2. The summed E-state index contributed by atoms with van der Waals surface area (Å²) in [7, 11) is -3.78. The maximum Gasteiger partial charge on any atom is 0.268 e. The number of furan rings is 1. The number of nitrogens with zero attached hydrogens (tertiary/aromatic N) is 1. The van der Waals surface area contributed by atoms with E-state index in [1.165, 1.54) is 17.4 Å². The SMILES string of the molecule is O=S(=O)(Nc1nc(C2CC2)cs1)c1cc(CO)oc1Br. The lowest BCUT2D eigenvalue weighted by atomic mass is 10.3. The second-order valence-corrected chi connectivity index (χ2v) is 7.70. The molecule has 0 aliphatic heterocycles. The molecule has 0 saturated heterocycles. The van der Waals surface area contributed by atoms with E-state index in [-0.39, 0.29) is 21.9 Å². The van der Waals surface area contributed by atoms with Crippen molar-refractivity contribution in [3.8, 4) is 0 Å². The maximum atomic E-state index is 12.2. The number of anilines is 1. The van der Waals surface area contributed by atoms with Gasteiger partial charge in [0.1, 0.15) is 17.3 Å². The van der Waals surface area contributed by atoms with Gasteiger partial charge in [-0.15, -0.1) is 11.3 Å². The van der Waals surface area contributed by atoms with E-state index in [1.54, 1.807) is 0 Å². The molecule has 2 N–H and O–H groups in total. The molecule has 0 bridgehead atoms. The molecule has 2 aromatic rings. The minimum Gasteiger partial charge on any atom is -0.450 e. The van der Waals surface area contributed by atoms with Crippen molar-refractivity contribution >= 4 is 42.4 Å². The highest BCUT2D eigenvalue weighted by molar-refractivity contribution is 9.10. The maximum absolute atomic E-state index is 12.2. The first kappa shape index (κ1) is 14.1. The van der Waals surface area contributed by atoms with Gasteiger partial charge < -0.3 is 9.52 Å². The van der Waals surface area contributed by atoms with Gasteiger partial charge >= 0.3 is 0 Å². The van der Waals surface area contributed by atoms with Crippen LogP contribution in [0, 0.1) is 0 Å². The fraction of sp³-hybridized carbons (Fsp3) is 0.364. The Morgan fingerprint density at radius 3 is 2.90 bits per heavy atom. The van der Waals surface area contributed by atoms with E-state index >= 15 is 0 Å². The van der Waals surface area contributed by atoms with Crippen LogP contribution in [0.4, 0.5) is 5.13 Å². The number of halogens is 1.